The lowest BCUT2D eigenvalue weighted by Crippen LogP contribution is -2.25. The average Bonchev–Trinajstić information content (AvgIpc) is 2.30. The highest BCUT2D eigenvalue weighted by Gasteiger charge is 2.03. The van der Waals surface area contributed by atoms with E-state index in [1.54, 1.807) is 6.20 Å². The first-order valence-electron chi connectivity index (χ1n) is 4.42. The van der Waals surface area contributed by atoms with Crippen molar-refractivity contribution in [2.24, 2.45) is 5.84 Å². The summed E-state index contributed by atoms with van der Waals surface area (Å²) in [6.07, 6.45) is 3.11. The molecule has 0 saturated heterocycles. The van der Waals surface area contributed by atoms with Crippen molar-refractivity contribution in [3.05, 3.63) is 53.1 Å². The van der Waals surface area contributed by atoms with E-state index in [1.807, 2.05) is 30.3 Å². The fourth-order valence-corrected chi connectivity index (χ4v) is 1.30. The highest BCUT2D eigenvalue weighted by atomic mass is 16.1. The van der Waals surface area contributed by atoms with Crippen LogP contribution in [-0.2, 0) is 0 Å². The zero-order valence-corrected chi connectivity index (χ0v) is 7.92. The van der Waals surface area contributed by atoms with Gasteiger partial charge in [-0.1, -0.05) is 18.2 Å². The molecule has 1 heterocycles. The summed E-state index contributed by atoms with van der Waals surface area (Å²) in [7, 11) is 0. The lowest BCUT2D eigenvalue weighted by atomic mass is 10.3. The summed E-state index contributed by atoms with van der Waals surface area (Å²) in [5.41, 5.74) is 2.77. The number of hydrazine groups is 1. The third-order valence-corrected chi connectivity index (χ3v) is 2.01. The van der Waals surface area contributed by atoms with Gasteiger partial charge in [0.05, 0.1) is 0 Å². The van der Waals surface area contributed by atoms with E-state index in [9.17, 15) is 4.79 Å². The number of nitrogens with one attached hydrogen (secondary N) is 1. The minimum Gasteiger partial charge on any atom is -0.304 e. The fraction of sp³-hybridized carbons (Fsp3) is 0. The van der Waals surface area contributed by atoms with E-state index in [2.05, 4.69) is 10.4 Å². The van der Waals surface area contributed by atoms with E-state index in [0.717, 1.165) is 5.69 Å². The van der Waals surface area contributed by atoms with Crippen LogP contribution in [0.4, 0.5) is 5.82 Å². The highest BCUT2D eigenvalue weighted by Crippen LogP contribution is 2.03. The van der Waals surface area contributed by atoms with Crippen molar-refractivity contribution in [2.75, 3.05) is 5.43 Å². The van der Waals surface area contributed by atoms with Crippen LogP contribution in [0.25, 0.3) is 5.69 Å². The molecule has 3 N–H and O–H groups in total. The number of aromatic nitrogens is 2. The number of hydrogen-bond donors (Lipinski definition) is 2. The van der Waals surface area contributed by atoms with Crippen molar-refractivity contribution in [2.45, 2.75) is 0 Å². The van der Waals surface area contributed by atoms with Gasteiger partial charge in [0.15, 0.2) is 0 Å². The summed E-state index contributed by atoms with van der Waals surface area (Å²) in [5.74, 6) is 5.30. The van der Waals surface area contributed by atoms with Gasteiger partial charge >= 0.3 is 0 Å². The smallest absolute Gasteiger partial charge is 0.299 e. The summed E-state index contributed by atoms with van der Waals surface area (Å²) in [6.45, 7) is 0. The van der Waals surface area contributed by atoms with Crippen molar-refractivity contribution in [1.82, 2.24) is 9.55 Å². The minimum absolute atomic E-state index is 0.126. The van der Waals surface area contributed by atoms with Crippen LogP contribution in [0.15, 0.2) is 47.5 Å². The first-order chi connectivity index (χ1) is 7.33. The van der Waals surface area contributed by atoms with Gasteiger partial charge in [-0.25, -0.2) is 10.8 Å². The maximum atomic E-state index is 11.8. The van der Waals surface area contributed by atoms with Gasteiger partial charge in [0.2, 0.25) is 5.82 Å². The Hall–Kier alpha value is -2.14. The number of para-hydroxylation sites is 1. The van der Waals surface area contributed by atoms with Crippen LogP contribution in [0, 0.1) is 0 Å². The Morgan fingerprint density at radius 3 is 2.67 bits per heavy atom. The van der Waals surface area contributed by atoms with E-state index in [1.165, 1.54) is 10.8 Å². The SMILES string of the molecule is NNc1nccn(-c2ccccc2)c1=O. The molecule has 0 bridgehead atoms. The first-order valence-corrected chi connectivity index (χ1v) is 4.42. The van der Waals surface area contributed by atoms with Gasteiger partial charge in [-0.2, -0.15) is 0 Å². The molecule has 1 aromatic heterocycles. The van der Waals surface area contributed by atoms with Crippen molar-refractivity contribution >= 4 is 5.82 Å². The number of hydrogen-bond acceptors (Lipinski definition) is 4. The lowest BCUT2D eigenvalue weighted by molar-refractivity contribution is 0.953. The number of nitrogen functional groups attached to an aromatic ring is 1. The molecule has 2 aromatic rings. The Bertz CT molecular complexity index is 506. The molecular weight excluding hydrogens is 192 g/mol. The molecule has 0 radical (unpaired) electrons. The summed E-state index contributed by atoms with van der Waals surface area (Å²) in [6, 6.07) is 9.27. The quantitative estimate of drug-likeness (QED) is 0.550. The lowest BCUT2D eigenvalue weighted by Gasteiger charge is -2.06. The molecule has 0 aliphatic heterocycles. The maximum absolute atomic E-state index is 11.8. The van der Waals surface area contributed by atoms with Crippen LogP contribution in [0.3, 0.4) is 0 Å². The van der Waals surface area contributed by atoms with E-state index >= 15 is 0 Å². The van der Waals surface area contributed by atoms with Gasteiger partial charge in [-0.15, -0.1) is 0 Å². The van der Waals surface area contributed by atoms with Crippen molar-refractivity contribution < 1.29 is 0 Å². The second-order valence-electron chi connectivity index (χ2n) is 2.93. The predicted octanol–water partition coefficient (Wildman–Crippen LogP) is 0.518. The number of nitrogens with two attached hydrogens (primary N) is 1. The van der Waals surface area contributed by atoms with Gasteiger partial charge in [0, 0.05) is 18.1 Å². The Morgan fingerprint density at radius 1 is 1.27 bits per heavy atom. The molecule has 0 aliphatic rings. The van der Waals surface area contributed by atoms with Crippen LogP contribution in [0.1, 0.15) is 0 Å². The second kappa shape index (κ2) is 3.93. The molecule has 15 heavy (non-hydrogen) atoms. The summed E-state index contributed by atoms with van der Waals surface area (Å²) < 4.78 is 1.47. The van der Waals surface area contributed by atoms with Crippen molar-refractivity contribution in [3.63, 3.8) is 0 Å². The summed E-state index contributed by atoms with van der Waals surface area (Å²) in [4.78, 5) is 15.6. The monoisotopic (exact) mass is 202 g/mol. The van der Waals surface area contributed by atoms with Gasteiger partial charge < -0.3 is 5.43 Å². The first kappa shape index (κ1) is 9.42. The molecule has 0 aliphatic carbocycles. The van der Waals surface area contributed by atoms with Crippen LogP contribution in [0.5, 0.6) is 0 Å². The molecule has 76 valence electrons. The molecule has 0 spiro atoms. The molecule has 0 unspecified atom stereocenters. The zero-order chi connectivity index (χ0) is 10.7. The number of rotatable bonds is 2. The Morgan fingerprint density at radius 2 is 2.00 bits per heavy atom. The van der Waals surface area contributed by atoms with Gasteiger partial charge in [0.25, 0.3) is 5.56 Å². The van der Waals surface area contributed by atoms with Crippen molar-refractivity contribution in [1.29, 1.82) is 0 Å². The summed E-state index contributed by atoms with van der Waals surface area (Å²) in [5, 5.41) is 0. The largest absolute Gasteiger partial charge is 0.304 e. The van der Waals surface area contributed by atoms with Crippen LogP contribution >= 0.6 is 0 Å². The molecular formula is C10H10N4O. The Balaban J connectivity index is 2.60. The summed E-state index contributed by atoms with van der Waals surface area (Å²) >= 11 is 0. The number of nitrogens with zero attached hydrogens (tertiary/aromatic N) is 2. The van der Waals surface area contributed by atoms with Gasteiger partial charge in [0.1, 0.15) is 0 Å². The Labute approximate surface area is 86.2 Å². The molecule has 1 aromatic carbocycles. The number of anilines is 1. The topological polar surface area (TPSA) is 72.9 Å². The third-order valence-electron chi connectivity index (χ3n) is 2.01. The maximum Gasteiger partial charge on any atom is 0.299 e. The highest BCUT2D eigenvalue weighted by molar-refractivity contribution is 5.37. The minimum atomic E-state index is -0.272. The van der Waals surface area contributed by atoms with Crippen LogP contribution in [-0.4, -0.2) is 9.55 Å². The molecule has 0 amide bonds. The van der Waals surface area contributed by atoms with E-state index < -0.39 is 0 Å². The van der Waals surface area contributed by atoms with Gasteiger partial charge in [-0.3, -0.25) is 9.36 Å². The molecule has 2 rings (SSSR count). The number of benzene rings is 1. The zero-order valence-electron chi connectivity index (χ0n) is 7.92. The molecule has 0 saturated carbocycles. The van der Waals surface area contributed by atoms with Crippen molar-refractivity contribution in [3.8, 4) is 5.69 Å². The molecule has 5 heteroatoms. The van der Waals surface area contributed by atoms with Crippen LogP contribution < -0.4 is 16.8 Å². The predicted molar refractivity (Wildman–Crippen MR) is 57.6 cm³/mol. The third kappa shape index (κ3) is 1.72. The average molecular weight is 202 g/mol. The Kier molecular flexibility index (Phi) is 2.47. The molecule has 0 fully saturated rings. The second-order valence-corrected chi connectivity index (χ2v) is 2.93. The van der Waals surface area contributed by atoms with E-state index in [0.29, 0.717) is 0 Å². The normalized spacial score (nSPS) is 9.93. The van der Waals surface area contributed by atoms with E-state index in [-0.39, 0.29) is 11.4 Å². The standard InChI is InChI=1S/C10H10N4O/c11-13-9-10(15)14(7-6-12-9)8-4-2-1-3-5-8/h1-7H,11H2,(H,12,13). The van der Waals surface area contributed by atoms with E-state index in [4.69, 9.17) is 5.84 Å². The van der Waals surface area contributed by atoms with Crippen LogP contribution in [0.2, 0.25) is 0 Å². The van der Waals surface area contributed by atoms with Gasteiger partial charge in [-0.05, 0) is 12.1 Å². The fourth-order valence-electron chi connectivity index (χ4n) is 1.30. The molecule has 5 nitrogen and oxygen atoms in total. The molecule has 0 atom stereocenters.